The minimum absolute atomic E-state index is 0.0677. The van der Waals surface area contributed by atoms with Gasteiger partial charge in [0.15, 0.2) is 0 Å². The fourth-order valence-corrected chi connectivity index (χ4v) is 3.95. The third kappa shape index (κ3) is 4.18. The summed E-state index contributed by atoms with van der Waals surface area (Å²) in [4.78, 5) is 13.3. The first-order valence-corrected chi connectivity index (χ1v) is 10.3. The number of carboxylic acid groups (broad SMARTS) is 1. The topological polar surface area (TPSA) is 40.5 Å². The van der Waals surface area contributed by atoms with Crippen LogP contribution in [0.4, 0.5) is 15.8 Å². The van der Waals surface area contributed by atoms with Crippen LogP contribution in [0, 0.1) is 24.6 Å². The van der Waals surface area contributed by atoms with Crippen molar-refractivity contribution in [3.05, 3.63) is 94.3 Å². The van der Waals surface area contributed by atoms with Gasteiger partial charge >= 0.3 is 5.97 Å². The van der Waals surface area contributed by atoms with E-state index in [-0.39, 0.29) is 11.0 Å². The van der Waals surface area contributed by atoms with Crippen LogP contribution in [0.5, 0.6) is 0 Å². The summed E-state index contributed by atoms with van der Waals surface area (Å²) in [6.07, 6.45) is 1.05. The molecule has 0 fully saturated rings. The third-order valence-electron chi connectivity index (χ3n) is 5.87. The molecule has 0 amide bonds. The number of aryl methyl sites for hydroxylation is 1. The molecule has 1 aliphatic heterocycles. The van der Waals surface area contributed by atoms with Gasteiger partial charge < -0.3 is 10.0 Å². The number of halogens is 1. The summed E-state index contributed by atoms with van der Waals surface area (Å²) in [5.74, 6) is 3.99. The molecule has 0 aromatic heterocycles. The van der Waals surface area contributed by atoms with Crippen LogP contribution in [0.3, 0.4) is 0 Å². The second-order valence-electron chi connectivity index (χ2n) is 8.60. The number of carbonyl (C=O) groups is 1. The van der Waals surface area contributed by atoms with Crippen LogP contribution < -0.4 is 4.90 Å². The smallest absolute Gasteiger partial charge is 0.338 e. The molecule has 3 aromatic rings. The highest BCUT2D eigenvalue weighted by Gasteiger charge is 2.31. The van der Waals surface area contributed by atoms with Crippen molar-refractivity contribution in [1.29, 1.82) is 0 Å². The summed E-state index contributed by atoms with van der Waals surface area (Å²) in [7, 11) is 0. The fraction of sp³-hybridized carbons (Fsp3) is 0.222. The van der Waals surface area contributed by atoms with E-state index in [2.05, 4.69) is 73.9 Å². The predicted octanol–water partition coefficient (Wildman–Crippen LogP) is 6.05. The minimum atomic E-state index is -1.29. The number of aromatic carboxylic acids is 1. The highest BCUT2D eigenvalue weighted by atomic mass is 19.1. The highest BCUT2D eigenvalue weighted by molar-refractivity contribution is 5.88. The molecule has 0 spiro atoms. The van der Waals surface area contributed by atoms with Crippen LogP contribution in [0.15, 0.2) is 60.7 Å². The second-order valence-corrected chi connectivity index (χ2v) is 8.60. The largest absolute Gasteiger partial charge is 0.478 e. The van der Waals surface area contributed by atoms with Crippen molar-refractivity contribution in [2.24, 2.45) is 0 Å². The number of hydrogen-bond acceptors (Lipinski definition) is 2. The molecule has 3 aromatic carbocycles. The van der Waals surface area contributed by atoms with Crippen molar-refractivity contribution >= 4 is 17.3 Å². The van der Waals surface area contributed by atoms with Crippen LogP contribution in [0.1, 0.15) is 52.9 Å². The molecule has 0 unspecified atom stereocenters. The number of carboxylic acids is 1. The Morgan fingerprint density at radius 2 is 1.65 bits per heavy atom. The number of anilines is 2. The molecule has 4 rings (SSSR count). The predicted molar refractivity (Wildman–Crippen MR) is 122 cm³/mol. The molecule has 0 atom stereocenters. The van der Waals surface area contributed by atoms with Gasteiger partial charge in [-0.1, -0.05) is 49.5 Å². The van der Waals surface area contributed by atoms with E-state index in [1.165, 1.54) is 23.3 Å². The zero-order valence-corrected chi connectivity index (χ0v) is 17.9. The molecule has 0 radical (unpaired) electrons. The zero-order valence-electron chi connectivity index (χ0n) is 17.9. The van der Waals surface area contributed by atoms with Crippen LogP contribution in [-0.2, 0) is 5.41 Å². The minimum Gasteiger partial charge on any atom is -0.478 e. The van der Waals surface area contributed by atoms with E-state index < -0.39 is 11.8 Å². The number of fused-ring (bicyclic) bond motifs is 1. The molecule has 4 heteroatoms. The van der Waals surface area contributed by atoms with Gasteiger partial charge in [0.1, 0.15) is 5.82 Å². The highest BCUT2D eigenvalue weighted by Crippen LogP contribution is 2.43. The van der Waals surface area contributed by atoms with Gasteiger partial charge in [-0.15, -0.1) is 0 Å². The Bertz CT molecular complexity index is 1220. The first-order chi connectivity index (χ1) is 14.7. The molecule has 31 heavy (non-hydrogen) atoms. The summed E-state index contributed by atoms with van der Waals surface area (Å²) in [5.41, 5.74) is 5.78. The van der Waals surface area contributed by atoms with E-state index in [1.807, 2.05) is 6.07 Å². The van der Waals surface area contributed by atoms with Crippen LogP contribution in [-0.4, -0.2) is 17.6 Å². The van der Waals surface area contributed by atoms with Gasteiger partial charge in [-0.05, 0) is 66.8 Å². The number of rotatable bonds is 2. The maximum Gasteiger partial charge on any atom is 0.338 e. The standard InChI is InChI=1S/C27H24FNO2/c1-18-4-10-21(11-5-18)29-15-14-27(2,3)23-13-9-20(17-25(23)29)7-6-19-8-12-22(26(30)31)24(28)16-19/h4-5,8-13,16-17H,14-15H2,1-3H3,(H,30,31). The third-order valence-corrected chi connectivity index (χ3v) is 5.87. The normalized spacial score (nSPS) is 14.4. The molecule has 1 aliphatic rings. The van der Waals surface area contributed by atoms with Crippen molar-refractivity contribution in [3.63, 3.8) is 0 Å². The number of nitrogens with zero attached hydrogens (tertiary/aromatic N) is 1. The van der Waals surface area contributed by atoms with Crippen molar-refractivity contribution in [2.75, 3.05) is 11.4 Å². The number of hydrogen-bond donors (Lipinski definition) is 1. The van der Waals surface area contributed by atoms with Crippen molar-refractivity contribution < 1.29 is 14.3 Å². The quantitative estimate of drug-likeness (QED) is 0.520. The van der Waals surface area contributed by atoms with Gasteiger partial charge in [-0.25, -0.2) is 9.18 Å². The zero-order chi connectivity index (χ0) is 22.2. The first kappa shape index (κ1) is 20.7. The molecule has 1 heterocycles. The summed E-state index contributed by atoms with van der Waals surface area (Å²) < 4.78 is 13.9. The monoisotopic (exact) mass is 413 g/mol. The molecule has 0 saturated heterocycles. The van der Waals surface area contributed by atoms with Crippen LogP contribution in [0.2, 0.25) is 0 Å². The molecular formula is C27H24FNO2. The molecule has 3 nitrogen and oxygen atoms in total. The lowest BCUT2D eigenvalue weighted by Gasteiger charge is -2.40. The van der Waals surface area contributed by atoms with Gasteiger partial charge in [0.2, 0.25) is 0 Å². The molecular weight excluding hydrogens is 389 g/mol. The van der Waals surface area contributed by atoms with Gasteiger partial charge in [0.05, 0.1) is 5.56 Å². The van der Waals surface area contributed by atoms with Gasteiger partial charge in [0.25, 0.3) is 0 Å². The molecule has 0 aliphatic carbocycles. The molecule has 0 bridgehead atoms. The van der Waals surface area contributed by atoms with E-state index in [9.17, 15) is 9.18 Å². The first-order valence-electron chi connectivity index (χ1n) is 10.3. The Hall–Kier alpha value is -3.58. The molecule has 156 valence electrons. The average molecular weight is 413 g/mol. The lowest BCUT2D eigenvalue weighted by Crippen LogP contribution is -2.34. The fourth-order valence-electron chi connectivity index (χ4n) is 3.95. The van der Waals surface area contributed by atoms with Crippen molar-refractivity contribution in [3.8, 4) is 11.8 Å². The Morgan fingerprint density at radius 3 is 2.29 bits per heavy atom. The SMILES string of the molecule is Cc1ccc(N2CCC(C)(C)c3ccc(C#Cc4ccc(C(=O)O)c(F)c4)cc32)cc1. The summed E-state index contributed by atoms with van der Waals surface area (Å²) >= 11 is 0. The summed E-state index contributed by atoms with van der Waals surface area (Å²) in [6.45, 7) is 7.52. The number of benzene rings is 3. The van der Waals surface area contributed by atoms with E-state index in [0.29, 0.717) is 5.56 Å². The van der Waals surface area contributed by atoms with Gasteiger partial charge in [-0.3, -0.25) is 0 Å². The van der Waals surface area contributed by atoms with Crippen LogP contribution >= 0.6 is 0 Å². The van der Waals surface area contributed by atoms with E-state index in [0.717, 1.165) is 36.0 Å². The van der Waals surface area contributed by atoms with E-state index in [4.69, 9.17) is 5.11 Å². The maximum atomic E-state index is 13.9. The van der Waals surface area contributed by atoms with Crippen molar-refractivity contribution in [1.82, 2.24) is 0 Å². The average Bonchev–Trinajstić information content (AvgIpc) is 2.73. The maximum absolute atomic E-state index is 13.9. The summed E-state index contributed by atoms with van der Waals surface area (Å²) in [5, 5.41) is 8.97. The Kier molecular flexibility index (Phi) is 5.29. The molecule has 1 N–H and O–H groups in total. The second kappa shape index (κ2) is 7.92. The lowest BCUT2D eigenvalue weighted by molar-refractivity contribution is 0.0692. The summed E-state index contributed by atoms with van der Waals surface area (Å²) in [6, 6.07) is 18.7. The van der Waals surface area contributed by atoms with E-state index in [1.54, 1.807) is 0 Å². The van der Waals surface area contributed by atoms with Gasteiger partial charge in [-0.2, -0.15) is 0 Å². The Labute approximate surface area is 182 Å². The van der Waals surface area contributed by atoms with Crippen molar-refractivity contribution in [2.45, 2.75) is 32.6 Å². The Morgan fingerprint density at radius 1 is 1.00 bits per heavy atom. The van der Waals surface area contributed by atoms with Gasteiger partial charge in [0, 0.05) is 29.0 Å². The van der Waals surface area contributed by atoms with E-state index >= 15 is 0 Å². The van der Waals surface area contributed by atoms with Crippen LogP contribution in [0.25, 0.3) is 0 Å². The lowest BCUT2D eigenvalue weighted by atomic mass is 9.77. The Balaban J connectivity index is 1.72. The molecule has 0 saturated carbocycles.